The zero-order valence-electron chi connectivity index (χ0n) is 17.0. The summed E-state index contributed by atoms with van der Waals surface area (Å²) in [4.78, 5) is 0. The monoisotopic (exact) mass is 428 g/mol. The second-order valence-corrected chi connectivity index (χ2v) is 7.50. The molecular weight excluding hydrogens is 404 g/mol. The summed E-state index contributed by atoms with van der Waals surface area (Å²) >= 11 is 0. The summed E-state index contributed by atoms with van der Waals surface area (Å²) in [6.07, 6.45) is -6.63. The maximum Gasteiger partial charge on any atom is 0.247 e. The third-order valence-electron chi connectivity index (χ3n) is 5.26. The van der Waals surface area contributed by atoms with Gasteiger partial charge in [0.25, 0.3) is 0 Å². The Balaban J connectivity index is 1.50. The van der Waals surface area contributed by atoms with Crippen molar-refractivity contribution in [2.75, 3.05) is 6.61 Å². The van der Waals surface area contributed by atoms with Crippen LogP contribution in [0.4, 0.5) is 0 Å². The minimum atomic E-state index is -1.49. The summed E-state index contributed by atoms with van der Waals surface area (Å²) in [5.74, 6) is 1.42. The molecule has 1 aliphatic rings. The zero-order valence-corrected chi connectivity index (χ0v) is 17.0. The fraction of sp³-hybridized carbons (Fsp3) is 0.364. The molecule has 5 atom stereocenters. The number of ether oxygens (including phenoxy) is 2. The fourth-order valence-electron chi connectivity index (χ4n) is 3.47. The molecule has 1 saturated heterocycles. The largest absolute Gasteiger partial charge is 0.462 e. The lowest BCUT2D eigenvalue weighted by Gasteiger charge is -2.39. The Kier molecular flexibility index (Phi) is 6.03. The van der Waals surface area contributed by atoms with E-state index >= 15 is 0 Å². The third kappa shape index (κ3) is 4.32. The summed E-state index contributed by atoms with van der Waals surface area (Å²) in [6, 6.07) is 13.2. The molecule has 4 N–H and O–H groups in total. The molecule has 0 saturated carbocycles. The highest BCUT2D eigenvalue weighted by Gasteiger charge is 2.44. The molecule has 0 spiro atoms. The van der Waals surface area contributed by atoms with Gasteiger partial charge < -0.3 is 34.3 Å². The number of aliphatic hydroxyl groups is 4. The maximum absolute atomic E-state index is 10.2. The molecule has 0 radical (unpaired) electrons. The first-order chi connectivity index (χ1) is 14.9. The Morgan fingerprint density at radius 1 is 0.871 bits per heavy atom. The van der Waals surface area contributed by atoms with Crippen LogP contribution in [-0.4, -0.2) is 67.9 Å². The Morgan fingerprint density at radius 3 is 2.16 bits per heavy atom. The lowest BCUT2D eigenvalue weighted by atomic mass is 9.99. The summed E-state index contributed by atoms with van der Waals surface area (Å²) in [6.45, 7) is 3.07. The molecule has 0 amide bonds. The molecule has 0 bridgehead atoms. The van der Waals surface area contributed by atoms with Crippen LogP contribution in [0.2, 0.25) is 0 Å². The third-order valence-corrected chi connectivity index (χ3v) is 5.26. The highest BCUT2D eigenvalue weighted by molar-refractivity contribution is 5.68. The van der Waals surface area contributed by atoms with Gasteiger partial charge in [0.2, 0.25) is 18.1 Å². The minimum Gasteiger partial charge on any atom is -0.462 e. The van der Waals surface area contributed by atoms with Gasteiger partial charge in [-0.2, -0.15) is 0 Å². The fourth-order valence-corrected chi connectivity index (χ4v) is 3.47. The summed E-state index contributed by atoms with van der Waals surface area (Å²) in [7, 11) is 0. The molecule has 1 fully saturated rings. The molecule has 2 heterocycles. The molecule has 0 unspecified atom stereocenters. The van der Waals surface area contributed by atoms with E-state index in [9.17, 15) is 20.4 Å². The van der Waals surface area contributed by atoms with Crippen LogP contribution in [0, 0.1) is 13.8 Å². The van der Waals surface area contributed by atoms with Crippen molar-refractivity contribution in [3.05, 3.63) is 53.9 Å². The van der Waals surface area contributed by atoms with Crippen molar-refractivity contribution in [1.82, 2.24) is 10.2 Å². The number of hydrogen-bond acceptors (Lipinski definition) is 9. The van der Waals surface area contributed by atoms with Crippen LogP contribution in [0.15, 0.2) is 46.9 Å². The topological polar surface area (TPSA) is 138 Å². The first-order valence-electron chi connectivity index (χ1n) is 9.86. The van der Waals surface area contributed by atoms with E-state index in [0.29, 0.717) is 17.5 Å². The molecule has 9 nitrogen and oxygen atoms in total. The van der Waals surface area contributed by atoms with Crippen LogP contribution in [0.3, 0.4) is 0 Å². The minimum absolute atomic E-state index is 0.450. The van der Waals surface area contributed by atoms with Crippen LogP contribution in [-0.2, 0) is 4.74 Å². The SMILES string of the molecule is Cc1nnc(-c2ccc(-c3ccc(O[C@H]4O[C@H](CO)[C@@H](O)[C@H](O)[C@@H]4O)c(C)c3)cc2)o1. The lowest BCUT2D eigenvalue weighted by Crippen LogP contribution is -2.60. The Hall–Kier alpha value is -2.82. The molecular formula is C22H24N2O7. The van der Waals surface area contributed by atoms with Crippen LogP contribution in [0.25, 0.3) is 22.6 Å². The van der Waals surface area contributed by atoms with E-state index in [1.54, 1.807) is 13.0 Å². The van der Waals surface area contributed by atoms with E-state index in [2.05, 4.69) is 10.2 Å². The number of nitrogens with zero attached hydrogens (tertiary/aromatic N) is 2. The summed E-state index contributed by atoms with van der Waals surface area (Å²) in [5, 5.41) is 47.1. The normalized spacial score (nSPS) is 26.1. The smallest absolute Gasteiger partial charge is 0.247 e. The Bertz CT molecular complexity index is 1030. The van der Waals surface area contributed by atoms with E-state index in [1.165, 1.54) is 0 Å². The second kappa shape index (κ2) is 8.74. The Morgan fingerprint density at radius 2 is 1.55 bits per heavy atom. The number of rotatable bonds is 5. The molecule has 1 aromatic heterocycles. The predicted octanol–water partition coefficient (Wildman–Crippen LogP) is 1.20. The van der Waals surface area contributed by atoms with Gasteiger partial charge in [0, 0.05) is 12.5 Å². The molecule has 9 heteroatoms. The van der Waals surface area contributed by atoms with Gasteiger partial charge in [-0.15, -0.1) is 10.2 Å². The van der Waals surface area contributed by atoms with E-state index in [0.717, 1.165) is 22.3 Å². The van der Waals surface area contributed by atoms with Crippen molar-refractivity contribution >= 4 is 0 Å². The van der Waals surface area contributed by atoms with Crippen molar-refractivity contribution in [2.24, 2.45) is 0 Å². The van der Waals surface area contributed by atoms with Gasteiger partial charge in [-0.05, 0) is 47.9 Å². The van der Waals surface area contributed by atoms with Gasteiger partial charge in [-0.25, -0.2) is 0 Å². The van der Waals surface area contributed by atoms with E-state index in [1.807, 2.05) is 43.3 Å². The molecule has 164 valence electrons. The molecule has 0 aliphatic carbocycles. The van der Waals surface area contributed by atoms with Gasteiger partial charge in [-0.3, -0.25) is 0 Å². The van der Waals surface area contributed by atoms with Gasteiger partial charge in [0.05, 0.1) is 6.61 Å². The number of benzene rings is 2. The van der Waals surface area contributed by atoms with E-state index < -0.39 is 37.3 Å². The number of aryl methyl sites for hydroxylation is 2. The van der Waals surface area contributed by atoms with Crippen molar-refractivity contribution < 1.29 is 34.3 Å². The van der Waals surface area contributed by atoms with Crippen molar-refractivity contribution in [3.63, 3.8) is 0 Å². The van der Waals surface area contributed by atoms with Crippen molar-refractivity contribution in [3.8, 4) is 28.3 Å². The number of aromatic nitrogens is 2. The maximum atomic E-state index is 10.2. The lowest BCUT2D eigenvalue weighted by molar-refractivity contribution is -0.277. The van der Waals surface area contributed by atoms with E-state index in [-0.39, 0.29) is 0 Å². The average Bonchev–Trinajstić information content (AvgIpc) is 3.21. The van der Waals surface area contributed by atoms with Crippen LogP contribution in [0.5, 0.6) is 5.75 Å². The van der Waals surface area contributed by atoms with Crippen molar-refractivity contribution in [2.45, 2.75) is 44.6 Å². The summed E-state index contributed by atoms with van der Waals surface area (Å²) < 4.78 is 16.6. The Labute approximate surface area is 178 Å². The highest BCUT2D eigenvalue weighted by atomic mass is 16.7. The summed E-state index contributed by atoms with van der Waals surface area (Å²) in [5.41, 5.74) is 3.53. The highest BCUT2D eigenvalue weighted by Crippen LogP contribution is 2.30. The number of hydrogen-bond donors (Lipinski definition) is 4. The molecule has 31 heavy (non-hydrogen) atoms. The average molecular weight is 428 g/mol. The molecule has 2 aromatic carbocycles. The quantitative estimate of drug-likeness (QED) is 0.472. The van der Waals surface area contributed by atoms with Gasteiger partial charge in [-0.1, -0.05) is 18.2 Å². The second-order valence-electron chi connectivity index (χ2n) is 7.50. The predicted molar refractivity (Wildman–Crippen MR) is 109 cm³/mol. The number of aliphatic hydroxyl groups excluding tert-OH is 4. The van der Waals surface area contributed by atoms with Gasteiger partial charge >= 0.3 is 0 Å². The van der Waals surface area contributed by atoms with E-state index in [4.69, 9.17) is 13.9 Å². The molecule has 3 aromatic rings. The molecule has 4 rings (SSSR count). The standard InChI is InChI=1S/C22H24N2O7/c1-11-9-15(13-3-5-14(6-4-13)21-24-23-12(2)29-21)7-8-16(11)30-22-20(28)19(27)18(26)17(10-25)31-22/h3-9,17-20,22,25-28H,10H2,1-2H3/t17-,18-,19+,20+,22+/m1/s1. The van der Waals surface area contributed by atoms with Crippen LogP contribution >= 0.6 is 0 Å². The van der Waals surface area contributed by atoms with Crippen LogP contribution < -0.4 is 4.74 Å². The first-order valence-corrected chi connectivity index (χ1v) is 9.86. The van der Waals surface area contributed by atoms with Gasteiger partial charge in [0.15, 0.2) is 0 Å². The first kappa shape index (κ1) is 21.4. The van der Waals surface area contributed by atoms with Crippen molar-refractivity contribution in [1.29, 1.82) is 0 Å². The van der Waals surface area contributed by atoms with Gasteiger partial charge in [0.1, 0.15) is 30.2 Å². The zero-order chi connectivity index (χ0) is 22.1. The molecule has 1 aliphatic heterocycles. The van der Waals surface area contributed by atoms with Crippen LogP contribution in [0.1, 0.15) is 11.5 Å².